The molecular weight excluding hydrogens is 458 g/mol. The molecular formula is C24H26ClN5O2S. The van der Waals surface area contributed by atoms with E-state index in [1.54, 1.807) is 12.1 Å². The van der Waals surface area contributed by atoms with Crippen molar-refractivity contribution in [2.24, 2.45) is 0 Å². The predicted octanol–water partition coefficient (Wildman–Crippen LogP) is 6.36. The highest BCUT2D eigenvalue weighted by molar-refractivity contribution is 7.14. The van der Waals surface area contributed by atoms with Crippen molar-refractivity contribution in [1.82, 2.24) is 15.7 Å². The van der Waals surface area contributed by atoms with Crippen LogP contribution in [-0.4, -0.2) is 23.1 Å². The summed E-state index contributed by atoms with van der Waals surface area (Å²) in [6, 6.07) is 13.9. The molecule has 1 aromatic heterocycles. The third-order valence-electron chi connectivity index (χ3n) is 5.48. The van der Waals surface area contributed by atoms with Crippen LogP contribution in [0.3, 0.4) is 0 Å². The lowest BCUT2D eigenvalue weighted by molar-refractivity contribution is 0.228. The number of hydrogen-bond acceptors (Lipinski definition) is 4. The summed E-state index contributed by atoms with van der Waals surface area (Å²) in [5.41, 5.74) is 5.95. The van der Waals surface area contributed by atoms with Crippen molar-refractivity contribution in [2.75, 3.05) is 10.3 Å². The molecule has 0 atom stereocenters. The number of urea groups is 2. The van der Waals surface area contributed by atoms with Crippen molar-refractivity contribution in [2.45, 2.75) is 45.1 Å². The summed E-state index contributed by atoms with van der Waals surface area (Å²) < 4.78 is 0. The van der Waals surface area contributed by atoms with Crippen LogP contribution in [0.15, 0.2) is 53.9 Å². The van der Waals surface area contributed by atoms with E-state index in [1.165, 1.54) is 17.8 Å². The van der Waals surface area contributed by atoms with E-state index < -0.39 is 12.1 Å². The van der Waals surface area contributed by atoms with Gasteiger partial charge in [0.25, 0.3) is 0 Å². The van der Waals surface area contributed by atoms with Crippen LogP contribution in [0.2, 0.25) is 5.02 Å². The molecule has 4 rings (SSSR count). The highest BCUT2D eigenvalue weighted by Crippen LogP contribution is 2.28. The fourth-order valence-corrected chi connectivity index (χ4v) is 4.60. The van der Waals surface area contributed by atoms with E-state index in [4.69, 9.17) is 11.6 Å². The number of nitrogens with one attached hydrogen (secondary N) is 3. The van der Waals surface area contributed by atoms with E-state index in [0.29, 0.717) is 21.5 Å². The van der Waals surface area contributed by atoms with E-state index in [0.717, 1.165) is 41.8 Å². The number of hydrazine groups is 1. The minimum Gasteiger partial charge on any atom is -0.334 e. The zero-order valence-electron chi connectivity index (χ0n) is 18.3. The number of carbonyl (C=O) groups is 2. The van der Waals surface area contributed by atoms with Crippen molar-refractivity contribution in [1.29, 1.82) is 0 Å². The predicted molar refractivity (Wildman–Crippen MR) is 134 cm³/mol. The van der Waals surface area contributed by atoms with Crippen LogP contribution >= 0.6 is 22.9 Å². The Morgan fingerprint density at radius 3 is 2.42 bits per heavy atom. The minimum absolute atomic E-state index is 0.113. The molecule has 1 aliphatic carbocycles. The first-order valence-electron chi connectivity index (χ1n) is 10.9. The normalized spacial score (nSPS) is 13.9. The van der Waals surface area contributed by atoms with Crippen molar-refractivity contribution in [3.8, 4) is 11.3 Å². The number of hydrogen-bond donors (Lipinski definition) is 3. The molecule has 172 valence electrons. The van der Waals surface area contributed by atoms with Gasteiger partial charge in [-0.25, -0.2) is 20.0 Å². The molecule has 0 aliphatic heterocycles. The Hall–Kier alpha value is -3.10. The Morgan fingerprint density at radius 2 is 1.73 bits per heavy atom. The minimum atomic E-state index is -0.505. The maximum absolute atomic E-state index is 13.1. The fourth-order valence-electron chi connectivity index (χ4n) is 3.69. The number of halogens is 1. The van der Waals surface area contributed by atoms with Crippen LogP contribution in [-0.2, 0) is 0 Å². The van der Waals surface area contributed by atoms with Gasteiger partial charge in [0.05, 0.1) is 5.69 Å². The van der Waals surface area contributed by atoms with Crippen LogP contribution in [0.4, 0.5) is 20.4 Å². The highest BCUT2D eigenvalue weighted by Gasteiger charge is 2.24. The Kier molecular flexibility index (Phi) is 7.47. The van der Waals surface area contributed by atoms with Gasteiger partial charge >= 0.3 is 12.1 Å². The molecule has 3 N–H and O–H groups in total. The Morgan fingerprint density at radius 1 is 1.03 bits per heavy atom. The summed E-state index contributed by atoms with van der Waals surface area (Å²) in [4.78, 5) is 30.5. The summed E-state index contributed by atoms with van der Waals surface area (Å²) in [5, 5.41) is 9.79. The molecule has 7 nitrogen and oxygen atoms in total. The van der Waals surface area contributed by atoms with E-state index in [-0.39, 0.29) is 6.04 Å². The molecule has 4 amide bonds. The van der Waals surface area contributed by atoms with Crippen LogP contribution in [0.1, 0.15) is 37.7 Å². The van der Waals surface area contributed by atoms with Crippen molar-refractivity contribution < 1.29 is 9.59 Å². The molecule has 33 heavy (non-hydrogen) atoms. The maximum Gasteiger partial charge on any atom is 0.347 e. The lowest BCUT2D eigenvalue weighted by Gasteiger charge is -2.26. The Labute approximate surface area is 202 Å². The third-order valence-corrected chi connectivity index (χ3v) is 6.56. The summed E-state index contributed by atoms with van der Waals surface area (Å²) in [7, 11) is 0. The van der Waals surface area contributed by atoms with Gasteiger partial charge in [-0.05, 0) is 44.0 Å². The molecule has 1 fully saturated rings. The van der Waals surface area contributed by atoms with Gasteiger partial charge < -0.3 is 10.6 Å². The lowest BCUT2D eigenvalue weighted by atomic mass is 9.96. The van der Waals surface area contributed by atoms with E-state index in [1.807, 2.05) is 48.7 Å². The van der Waals surface area contributed by atoms with Crippen LogP contribution in [0.5, 0.6) is 0 Å². The number of aryl methyl sites for hydroxylation is 1. The smallest absolute Gasteiger partial charge is 0.334 e. The molecule has 1 saturated carbocycles. The van der Waals surface area contributed by atoms with Gasteiger partial charge in [-0.2, -0.15) is 5.01 Å². The van der Waals surface area contributed by atoms with Crippen molar-refractivity contribution in [3.05, 3.63) is 64.5 Å². The van der Waals surface area contributed by atoms with Gasteiger partial charge in [0.15, 0.2) is 0 Å². The van der Waals surface area contributed by atoms with E-state index in [2.05, 4.69) is 21.0 Å². The summed E-state index contributed by atoms with van der Waals surface area (Å²) in [5.74, 6) is 0. The second-order valence-corrected chi connectivity index (χ2v) is 9.35. The van der Waals surface area contributed by atoms with Gasteiger partial charge in [0, 0.05) is 27.7 Å². The molecule has 3 aromatic rings. The van der Waals surface area contributed by atoms with Crippen LogP contribution in [0.25, 0.3) is 11.3 Å². The van der Waals surface area contributed by atoms with Gasteiger partial charge in [0.2, 0.25) is 5.13 Å². The van der Waals surface area contributed by atoms with Crippen molar-refractivity contribution >= 4 is 45.8 Å². The van der Waals surface area contributed by atoms with E-state index in [9.17, 15) is 9.59 Å². The zero-order valence-corrected chi connectivity index (χ0v) is 19.9. The molecule has 0 bridgehead atoms. The number of carbonyl (C=O) groups excluding carboxylic acids is 2. The first-order valence-corrected chi connectivity index (χ1v) is 12.2. The van der Waals surface area contributed by atoms with Gasteiger partial charge in [-0.1, -0.05) is 60.7 Å². The van der Waals surface area contributed by atoms with Crippen LogP contribution in [0, 0.1) is 6.92 Å². The fraction of sp³-hybridized carbons (Fsp3) is 0.292. The topological polar surface area (TPSA) is 86.4 Å². The molecule has 0 spiro atoms. The monoisotopic (exact) mass is 483 g/mol. The number of amides is 4. The average Bonchev–Trinajstić information content (AvgIpc) is 3.30. The van der Waals surface area contributed by atoms with Crippen LogP contribution < -0.4 is 21.1 Å². The summed E-state index contributed by atoms with van der Waals surface area (Å²) in [6.45, 7) is 1.98. The van der Waals surface area contributed by atoms with Gasteiger partial charge in [-0.3, -0.25) is 0 Å². The Bertz CT molecular complexity index is 1090. The molecule has 2 aromatic carbocycles. The molecule has 9 heteroatoms. The summed E-state index contributed by atoms with van der Waals surface area (Å²) in [6.07, 6.45) is 5.28. The van der Waals surface area contributed by atoms with Gasteiger partial charge in [-0.15, -0.1) is 11.3 Å². The largest absolute Gasteiger partial charge is 0.347 e. The SMILES string of the molecule is Cc1ccc(NC(=O)N(NC(=O)NC2CCCCC2)c2nc(-c3ccc(Cl)cc3)cs2)cc1. The summed E-state index contributed by atoms with van der Waals surface area (Å²) >= 11 is 7.25. The zero-order chi connectivity index (χ0) is 23.2. The highest BCUT2D eigenvalue weighted by atomic mass is 35.5. The number of thiazole rings is 1. The second kappa shape index (κ2) is 10.7. The Balaban J connectivity index is 1.53. The standard InChI is InChI=1S/C24H26ClN5O2S/c1-16-7-13-20(14-8-16)27-23(32)30(29-22(31)26-19-5-3-2-4-6-19)24-28-21(15-33-24)17-9-11-18(25)12-10-17/h7-15,19H,2-6H2,1H3,(H,27,32)(H2,26,29,31). The average molecular weight is 484 g/mol. The quantitative estimate of drug-likeness (QED) is 0.377. The number of nitrogens with zero attached hydrogens (tertiary/aromatic N) is 2. The van der Waals surface area contributed by atoms with Crippen molar-refractivity contribution in [3.63, 3.8) is 0 Å². The van der Waals surface area contributed by atoms with E-state index >= 15 is 0 Å². The first-order chi connectivity index (χ1) is 16.0. The van der Waals surface area contributed by atoms with Gasteiger partial charge in [0.1, 0.15) is 0 Å². The molecule has 0 saturated heterocycles. The second-order valence-electron chi connectivity index (χ2n) is 8.07. The first kappa shape index (κ1) is 23.1. The number of anilines is 2. The molecule has 0 radical (unpaired) electrons. The molecule has 0 unspecified atom stereocenters. The maximum atomic E-state index is 13.1. The number of benzene rings is 2. The molecule has 1 heterocycles. The molecule has 1 aliphatic rings. The lowest BCUT2D eigenvalue weighted by Crippen LogP contribution is -2.54. The number of rotatable bonds is 4. The third kappa shape index (κ3) is 6.24. The number of aromatic nitrogens is 1.